The molecular formula is C14H24N2O. The molecule has 96 valence electrons. The minimum atomic E-state index is 0.178. The molecule has 17 heavy (non-hydrogen) atoms. The molecule has 0 atom stereocenters. The second kappa shape index (κ2) is 7.28. The van der Waals surface area contributed by atoms with Crippen LogP contribution in [0.3, 0.4) is 0 Å². The summed E-state index contributed by atoms with van der Waals surface area (Å²) < 4.78 is 5.49. The highest BCUT2D eigenvalue weighted by Gasteiger charge is 1.99. The Bertz CT molecular complexity index is 307. The van der Waals surface area contributed by atoms with E-state index < -0.39 is 0 Å². The number of aromatic nitrogens is 1. The number of hydrogen-bond acceptors (Lipinski definition) is 3. The molecule has 1 heterocycles. The van der Waals surface area contributed by atoms with Gasteiger partial charge in [0.1, 0.15) is 0 Å². The first-order valence-electron chi connectivity index (χ1n) is 6.40. The summed E-state index contributed by atoms with van der Waals surface area (Å²) in [7, 11) is 0. The molecule has 1 aromatic rings. The van der Waals surface area contributed by atoms with Crippen molar-refractivity contribution in [2.45, 2.75) is 46.8 Å². The Morgan fingerprint density at radius 2 is 2.00 bits per heavy atom. The molecule has 0 aliphatic heterocycles. The molecule has 0 radical (unpaired) electrons. The summed E-state index contributed by atoms with van der Waals surface area (Å²) in [4.78, 5) is 4.27. The van der Waals surface area contributed by atoms with Gasteiger partial charge in [-0.3, -0.25) is 0 Å². The van der Waals surface area contributed by atoms with Crippen LogP contribution < -0.4 is 10.1 Å². The molecule has 0 saturated heterocycles. The van der Waals surface area contributed by atoms with Crippen molar-refractivity contribution in [1.82, 2.24) is 10.3 Å². The Hall–Kier alpha value is -1.09. The number of nitrogens with one attached hydrogen (secondary N) is 1. The summed E-state index contributed by atoms with van der Waals surface area (Å²) in [5.74, 6) is 1.45. The zero-order chi connectivity index (χ0) is 12.7. The summed E-state index contributed by atoms with van der Waals surface area (Å²) in [6, 6.07) is 3.99. The fourth-order valence-corrected chi connectivity index (χ4v) is 1.45. The van der Waals surface area contributed by atoms with Gasteiger partial charge in [-0.2, -0.15) is 0 Å². The van der Waals surface area contributed by atoms with Crippen LogP contribution in [-0.4, -0.2) is 17.6 Å². The first-order valence-corrected chi connectivity index (χ1v) is 6.40. The topological polar surface area (TPSA) is 34.1 Å². The standard InChI is InChI=1S/C14H24N2O/c1-11(2)7-8-15-9-13-5-6-14(16-10-13)17-12(3)4/h5-6,10-12,15H,7-9H2,1-4H3. The smallest absolute Gasteiger partial charge is 0.213 e. The number of rotatable bonds is 7. The van der Waals surface area contributed by atoms with Crippen LogP contribution in [0.4, 0.5) is 0 Å². The molecule has 1 N–H and O–H groups in total. The van der Waals surface area contributed by atoms with Gasteiger partial charge in [-0.15, -0.1) is 0 Å². The van der Waals surface area contributed by atoms with E-state index in [0.717, 1.165) is 19.0 Å². The van der Waals surface area contributed by atoms with E-state index in [9.17, 15) is 0 Å². The van der Waals surface area contributed by atoms with E-state index in [0.29, 0.717) is 5.88 Å². The van der Waals surface area contributed by atoms with Crippen LogP contribution in [0.25, 0.3) is 0 Å². The third kappa shape index (κ3) is 6.27. The molecule has 0 aromatic carbocycles. The van der Waals surface area contributed by atoms with Crippen LogP contribution in [0.1, 0.15) is 39.7 Å². The van der Waals surface area contributed by atoms with E-state index in [4.69, 9.17) is 4.74 Å². The highest BCUT2D eigenvalue weighted by atomic mass is 16.5. The van der Waals surface area contributed by atoms with Crippen LogP contribution in [0, 0.1) is 5.92 Å². The lowest BCUT2D eigenvalue weighted by Gasteiger charge is -2.09. The van der Waals surface area contributed by atoms with Crippen molar-refractivity contribution in [3.63, 3.8) is 0 Å². The van der Waals surface area contributed by atoms with Gasteiger partial charge in [0.25, 0.3) is 0 Å². The van der Waals surface area contributed by atoms with Crippen LogP contribution >= 0.6 is 0 Å². The molecule has 1 aromatic heterocycles. The van der Waals surface area contributed by atoms with Gasteiger partial charge in [-0.05, 0) is 38.3 Å². The van der Waals surface area contributed by atoms with Crippen LogP contribution in [-0.2, 0) is 6.54 Å². The molecule has 0 saturated carbocycles. The minimum Gasteiger partial charge on any atom is -0.475 e. The maximum atomic E-state index is 5.49. The largest absolute Gasteiger partial charge is 0.475 e. The van der Waals surface area contributed by atoms with E-state index in [1.54, 1.807) is 0 Å². The van der Waals surface area contributed by atoms with Crippen LogP contribution in [0.15, 0.2) is 18.3 Å². The van der Waals surface area contributed by atoms with Crippen molar-refractivity contribution >= 4 is 0 Å². The van der Waals surface area contributed by atoms with Gasteiger partial charge in [0.15, 0.2) is 0 Å². The summed E-state index contributed by atoms with van der Waals surface area (Å²) >= 11 is 0. The lowest BCUT2D eigenvalue weighted by atomic mass is 10.1. The molecule has 0 bridgehead atoms. The Kier molecular flexibility index (Phi) is 5.98. The second-order valence-electron chi connectivity index (χ2n) is 5.03. The molecule has 0 fully saturated rings. The summed E-state index contributed by atoms with van der Waals surface area (Å²) in [6.45, 7) is 10.4. The van der Waals surface area contributed by atoms with Crippen LogP contribution in [0.5, 0.6) is 5.88 Å². The quantitative estimate of drug-likeness (QED) is 0.739. The average Bonchev–Trinajstić information content (AvgIpc) is 2.25. The fourth-order valence-electron chi connectivity index (χ4n) is 1.45. The van der Waals surface area contributed by atoms with Crippen molar-refractivity contribution in [3.05, 3.63) is 23.9 Å². The maximum Gasteiger partial charge on any atom is 0.213 e. The minimum absolute atomic E-state index is 0.178. The number of ether oxygens (including phenoxy) is 1. The SMILES string of the molecule is CC(C)CCNCc1ccc(OC(C)C)nc1. The van der Waals surface area contributed by atoms with Gasteiger partial charge in [-0.1, -0.05) is 19.9 Å². The molecule has 0 amide bonds. The number of pyridine rings is 1. The van der Waals surface area contributed by atoms with Crippen molar-refractivity contribution in [2.24, 2.45) is 5.92 Å². The molecule has 3 nitrogen and oxygen atoms in total. The molecule has 0 unspecified atom stereocenters. The van der Waals surface area contributed by atoms with E-state index in [-0.39, 0.29) is 6.10 Å². The van der Waals surface area contributed by atoms with Gasteiger partial charge >= 0.3 is 0 Å². The molecule has 0 aliphatic rings. The molecule has 3 heteroatoms. The zero-order valence-electron chi connectivity index (χ0n) is 11.4. The third-order valence-corrected chi connectivity index (χ3v) is 2.38. The highest BCUT2D eigenvalue weighted by Crippen LogP contribution is 2.09. The Labute approximate surface area is 105 Å². The Morgan fingerprint density at radius 3 is 2.53 bits per heavy atom. The van der Waals surface area contributed by atoms with Gasteiger partial charge in [0.05, 0.1) is 6.10 Å². The maximum absolute atomic E-state index is 5.49. The molecule has 0 aliphatic carbocycles. The van der Waals surface area contributed by atoms with Gasteiger partial charge in [0.2, 0.25) is 5.88 Å². The predicted molar refractivity (Wildman–Crippen MR) is 71.2 cm³/mol. The van der Waals surface area contributed by atoms with Crippen molar-refractivity contribution in [2.75, 3.05) is 6.54 Å². The third-order valence-electron chi connectivity index (χ3n) is 2.38. The van der Waals surface area contributed by atoms with E-state index in [2.05, 4.69) is 30.2 Å². The summed E-state index contributed by atoms with van der Waals surface area (Å²) in [5, 5.41) is 3.41. The van der Waals surface area contributed by atoms with Gasteiger partial charge in [0, 0.05) is 18.8 Å². The normalized spacial score (nSPS) is 11.2. The average molecular weight is 236 g/mol. The molecule has 1 rings (SSSR count). The molecule has 0 spiro atoms. The van der Waals surface area contributed by atoms with Crippen molar-refractivity contribution in [3.8, 4) is 5.88 Å². The number of nitrogens with zero attached hydrogens (tertiary/aromatic N) is 1. The summed E-state index contributed by atoms with van der Waals surface area (Å²) in [5.41, 5.74) is 1.20. The Morgan fingerprint density at radius 1 is 1.24 bits per heavy atom. The first-order chi connectivity index (χ1) is 8.08. The lowest BCUT2D eigenvalue weighted by Crippen LogP contribution is -2.16. The zero-order valence-corrected chi connectivity index (χ0v) is 11.4. The van der Waals surface area contributed by atoms with Crippen molar-refractivity contribution in [1.29, 1.82) is 0 Å². The summed E-state index contributed by atoms with van der Waals surface area (Å²) in [6.07, 6.45) is 3.26. The van der Waals surface area contributed by atoms with E-state index in [1.807, 2.05) is 26.1 Å². The van der Waals surface area contributed by atoms with Gasteiger partial charge in [-0.25, -0.2) is 4.98 Å². The van der Waals surface area contributed by atoms with Crippen molar-refractivity contribution < 1.29 is 4.74 Å². The van der Waals surface area contributed by atoms with E-state index in [1.165, 1.54) is 12.0 Å². The fraction of sp³-hybridized carbons (Fsp3) is 0.643. The second-order valence-corrected chi connectivity index (χ2v) is 5.03. The monoisotopic (exact) mass is 236 g/mol. The molecular weight excluding hydrogens is 212 g/mol. The number of hydrogen-bond donors (Lipinski definition) is 1. The first kappa shape index (κ1) is 14.0. The van der Waals surface area contributed by atoms with E-state index >= 15 is 0 Å². The Balaban J connectivity index is 2.30. The van der Waals surface area contributed by atoms with Crippen LogP contribution in [0.2, 0.25) is 0 Å². The van der Waals surface area contributed by atoms with Gasteiger partial charge < -0.3 is 10.1 Å². The highest BCUT2D eigenvalue weighted by molar-refractivity contribution is 5.17. The predicted octanol–water partition coefficient (Wildman–Crippen LogP) is 3.00. The lowest BCUT2D eigenvalue weighted by molar-refractivity contribution is 0.232.